The minimum atomic E-state index is -0.801. The monoisotopic (exact) mass is 488 g/mol. The van der Waals surface area contributed by atoms with E-state index in [4.69, 9.17) is 27.9 Å². The zero-order valence-corrected chi connectivity index (χ0v) is 19.4. The highest BCUT2D eigenvalue weighted by Crippen LogP contribution is 2.23. The molecule has 0 aliphatic carbocycles. The summed E-state index contributed by atoms with van der Waals surface area (Å²) < 4.78 is 18.9. The zero-order valence-electron chi connectivity index (χ0n) is 17.9. The molecule has 33 heavy (non-hydrogen) atoms. The van der Waals surface area contributed by atoms with Gasteiger partial charge in [-0.2, -0.15) is 0 Å². The van der Waals surface area contributed by atoms with Crippen LogP contribution in [0.5, 0.6) is 5.75 Å². The Hall–Kier alpha value is -3.09. The summed E-state index contributed by atoms with van der Waals surface area (Å²) in [6.07, 6.45) is 0. The summed E-state index contributed by atoms with van der Waals surface area (Å²) in [5, 5.41) is 3.82. The number of hydrogen-bond donors (Lipinski definition) is 1. The number of para-hydroxylation sites is 1. The van der Waals surface area contributed by atoms with Gasteiger partial charge in [-0.3, -0.25) is 9.59 Å². The molecule has 0 saturated heterocycles. The minimum Gasteiger partial charge on any atom is -0.482 e. The van der Waals surface area contributed by atoms with E-state index in [1.807, 2.05) is 12.1 Å². The van der Waals surface area contributed by atoms with Crippen LogP contribution in [0.4, 0.5) is 4.39 Å². The largest absolute Gasteiger partial charge is 0.482 e. The maximum absolute atomic E-state index is 13.3. The van der Waals surface area contributed by atoms with Gasteiger partial charge in [0.15, 0.2) is 6.61 Å². The molecule has 0 aliphatic heterocycles. The predicted molar refractivity (Wildman–Crippen MR) is 127 cm³/mol. The van der Waals surface area contributed by atoms with E-state index in [0.717, 1.165) is 5.56 Å². The molecule has 3 rings (SSSR count). The van der Waals surface area contributed by atoms with Gasteiger partial charge in [0.05, 0.1) is 5.02 Å². The fourth-order valence-electron chi connectivity index (χ4n) is 3.09. The summed E-state index contributed by atoms with van der Waals surface area (Å²) in [4.78, 5) is 27.3. The van der Waals surface area contributed by atoms with Crippen LogP contribution in [0.25, 0.3) is 0 Å². The Morgan fingerprint density at radius 1 is 0.970 bits per heavy atom. The Bertz CT molecular complexity index is 1090. The van der Waals surface area contributed by atoms with Crippen molar-refractivity contribution >= 4 is 35.0 Å². The highest BCUT2D eigenvalue weighted by atomic mass is 35.5. The number of hydrogen-bond acceptors (Lipinski definition) is 3. The van der Waals surface area contributed by atoms with Crippen molar-refractivity contribution in [2.75, 3.05) is 6.61 Å². The molecule has 1 N–H and O–H groups in total. The molecule has 0 spiro atoms. The van der Waals surface area contributed by atoms with Crippen LogP contribution < -0.4 is 10.1 Å². The van der Waals surface area contributed by atoms with Gasteiger partial charge in [-0.25, -0.2) is 4.39 Å². The first-order chi connectivity index (χ1) is 15.8. The number of carbonyl (C=O) groups excluding carboxylic acids is 2. The Morgan fingerprint density at radius 2 is 1.61 bits per heavy atom. The van der Waals surface area contributed by atoms with Gasteiger partial charge in [0.2, 0.25) is 5.91 Å². The van der Waals surface area contributed by atoms with E-state index in [-0.39, 0.29) is 31.4 Å². The smallest absolute Gasteiger partial charge is 0.261 e. The molecule has 0 fully saturated rings. The lowest BCUT2D eigenvalue weighted by Crippen LogP contribution is -2.48. The van der Waals surface area contributed by atoms with Crippen molar-refractivity contribution in [3.05, 3.63) is 99.8 Å². The highest BCUT2D eigenvalue weighted by molar-refractivity contribution is 6.32. The summed E-state index contributed by atoms with van der Waals surface area (Å²) in [6.45, 7) is 1.73. The molecule has 0 aliphatic rings. The van der Waals surface area contributed by atoms with Crippen molar-refractivity contribution in [1.82, 2.24) is 10.2 Å². The molecule has 8 heteroatoms. The lowest BCUT2D eigenvalue weighted by Gasteiger charge is -2.29. The van der Waals surface area contributed by atoms with Crippen molar-refractivity contribution in [2.45, 2.75) is 26.1 Å². The quantitative estimate of drug-likeness (QED) is 0.447. The molecule has 0 radical (unpaired) electrons. The van der Waals surface area contributed by atoms with Crippen molar-refractivity contribution in [2.24, 2.45) is 0 Å². The van der Waals surface area contributed by atoms with Crippen LogP contribution in [0.3, 0.4) is 0 Å². The maximum Gasteiger partial charge on any atom is 0.261 e. The Morgan fingerprint density at radius 3 is 2.27 bits per heavy atom. The Labute approximate surface area is 202 Å². The van der Waals surface area contributed by atoms with Crippen LogP contribution in [0.2, 0.25) is 10.0 Å². The van der Waals surface area contributed by atoms with Crippen molar-refractivity contribution in [1.29, 1.82) is 0 Å². The summed E-state index contributed by atoms with van der Waals surface area (Å²) in [6, 6.07) is 18.9. The van der Waals surface area contributed by atoms with E-state index < -0.39 is 11.9 Å². The topological polar surface area (TPSA) is 58.6 Å². The number of nitrogens with zero attached hydrogens (tertiary/aromatic N) is 1. The van der Waals surface area contributed by atoms with Gasteiger partial charge >= 0.3 is 0 Å². The SMILES string of the molecule is CC(C(=O)NCc1ccc(Cl)cc1)N(Cc1ccc(F)cc1)C(=O)COc1ccccc1Cl. The first-order valence-electron chi connectivity index (χ1n) is 10.3. The predicted octanol–water partition coefficient (Wildman–Crippen LogP) is 5.25. The van der Waals surface area contributed by atoms with Crippen LogP contribution in [-0.4, -0.2) is 29.4 Å². The molecule has 5 nitrogen and oxygen atoms in total. The Kier molecular flexibility index (Phi) is 8.69. The van der Waals surface area contributed by atoms with Gasteiger partial charge in [-0.1, -0.05) is 59.6 Å². The van der Waals surface area contributed by atoms with E-state index in [0.29, 0.717) is 21.4 Å². The molecule has 0 bridgehead atoms. The van der Waals surface area contributed by atoms with E-state index >= 15 is 0 Å². The van der Waals surface area contributed by atoms with E-state index in [2.05, 4.69) is 5.32 Å². The molecule has 172 valence electrons. The van der Waals surface area contributed by atoms with Crippen LogP contribution in [0.1, 0.15) is 18.1 Å². The first kappa shape index (κ1) is 24.6. The molecule has 2 amide bonds. The molecule has 1 unspecified atom stereocenters. The second-order valence-corrected chi connectivity index (χ2v) is 8.23. The van der Waals surface area contributed by atoms with Crippen LogP contribution in [-0.2, 0) is 22.7 Å². The maximum atomic E-state index is 13.3. The van der Waals surface area contributed by atoms with Crippen LogP contribution in [0.15, 0.2) is 72.8 Å². The fraction of sp³-hybridized carbons (Fsp3) is 0.200. The van der Waals surface area contributed by atoms with Crippen molar-refractivity contribution < 1.29 is 18.7 Å². The third-order valence-electron chi connectivity index (χ3n) is 5.00. The van der Waals surface area contributed by atoms with Gasteiger partial charge < -0.3 is 15.0 Å². The highest BCUT2D eigenvalue weighted by Gasteiger charge is 2.26. The molecular formula is C25H23Cl2FN2O3. The molecule has 0 aromatic heterocycles. The van der Waals surface area contributed by atoms with Gasteiger partial charge in [0.25, 0.3) is 5.91 Å². The zero-order chi connectivity index (χ0) is 23.8. The molecule has 0 saturated carbocycles. The number of carbonyl (C=O) groups is 2. The lowest BCUT2D eigenvalue weighted by atomic mass is 10.1. The summed E-state index contributed by atoms with van der Waals surface area (Å²) in [7, 11) is 0. The summed E-state index contributed by atoms with van der Waals surface area (Å²) in [5.74, 6) is -0.756. The number of ether oxygens (including phenoxy) is 1. The van der Waals surface area contributed by atoms with E-state index in [9.17, 15) is 14.0 Å². The first-order valence-corrected chi connectivity index (χ1v) is 11.0. The second kappa shape index (κ2) is 11.7. The minimum absolute atomic E-state index is 0.112. The normalized spacial score (nSPS) is 11.5. The number of halogens is 3. The van der Waals surface area contributed by atoms with Gasteiger partial charge in [0, 0.05) is 18.1 Å². The van der Waals surface area contributed by atoms with Crippen LogP contribution >= 0.6 is 23.2 Å². The number of benzene rings is 3. The standard InChI is InChI=1S/C25H23Cl2FN2O3/c1-17(25(32)29-14-18-6-10-20(26)11-7-18)30(15-19-8-12-21(28)13-9-19)24(31)16-33-23-5-3-2-4-22(23)27/h2-13,17H,14-16H2,1H3,(H,29,32). The van der Waals surface area contributed by atoms with Crippen molar-refractivity contribution in [3.8, 4) is 5.75 Å². The summed E-state index contributed by atoms with van der Waals surface area (Å²) in [5.41, 5.74) is 1.55. The fourth-order valence-corrected chi connectivity index (χ4v) is 3.41. The number of amides is 2. The van der Waals surface area contributed by atoms with Gasteiger partial charge in [-0.15, -0.1) is 0 Å². The third kappa shape index (κ3) is 7.20. The molecule has 3 aromatic carbocycles. The average molecular weight is 489 g/mol. The second-order valence-electron chi connectivity index (χ2n) is 7.39. The average Bonchev–Trinajstić information content (AvgIpc) is 2.82. The van der Waals surface area contributed by atoms with Gasteiger partial charge in [0.1, 0.15) is 17.6 Å². The summed E-state index contributed by atoms with van der Waals surface area (Å²) >= 11 is 12.0. The molecule has 3 aromatic rings. The van der Waals surface area contributed by atoms with Crippen LogP contribution in [0, 0.1) is 5.82 Å². The molecule has 0 heterocycles. The van der Waals surface area contributed by atoms with Gasteiger partial charge in [-0.05, 0) is 54.4 Å². The number of rotatable bonds is 9. The Balaban J connectivity index is 1.70. The van der Waals surface area contributed by atoms with Crippen molar-refractivity contribution in [3.63, 3.8) is 0 Å². The van der Waals surface area contributed by atoms with E-state index in [1.54, 1.807) is 55.5 Å². The lowest BCUT2D eigenvalue weighted by molar-refractivity contribution is -0.142. The molecule has 1 atom stereocenters. The van der Waals surface area contributed by atoms with E-state index in [1.165, 1.54) is 17.0 Å². The number of nitrogens with one attached hydrogen (secondary N) is 1. The molecular weight excluding hydrogens is 466 g/mol. The third-order valence-corrected chi connectivity index (χ3v) is 5.57.